The first-order valence-electron chi connectivity index (χ1n) is 5.29. The Balaban J connectivity index is 2.39. The van der Waals surface area contributed by atoms with E-state index in [4.69, 9.17) is 4.42 Å². The van der Waals surface area contributed by atoms with Gasteiger partial charge in [-0.3, -0.25) is 0 Å². The smallest absolute Gasteiger partial charge is 0.276 e. The Bertz CT molecular complexity index is 288. The SMILES string of the molecule is CCNC(CSc1nnc(C)o1)C(C)C. The Morgan fingerprint density at radius 2 is 2.13 bits per heavy atom. The van der Waals surface area contributed by atoms with Crippen molar-refractivity contribution in [3.8, 4) is 0 Å². The molecule has 0 aliphatic heterocycles. The molecule has 1 aromatic heterocycles. The average molecular weight is 229 g/mol. The Morgan fingerprint density at radius 3 is 2.60 bits per heavy atom. The molecule has 86 valence electrons. The molecule has 1 rings (SSSR count). The molecule has 0 aliphatic rings. The summed E-state index contributed by atoms with van der Waals surface area (Å²) in [6, 6.07) is 0.493. The van der Waals surface area contributed by atoms with Crippen LogP contribution in [0.3, 0.4) is 0 Å². The fourth-order valence-corrected chi connectivity index (χ4v) is 2.35. The molecule has 1 heterocycles. The van der Waals surface area contributed by atoms with Crippen LogP contribution in [0.1, 0.15) is 26.7 Å². The summed E-state index contributed by atoms with van der Waals surface area (Å²) in [5, 5.41) is 11.9. The number of hydrogen-bond donors (Lipinski definition) is 1. The van der Waals surface area contributed by atoms with E-state index in [0.29, 0.717) is 23.1 Å². The third-order valence-electron chi connectivity index (χ3n) is 2.16. The molecule has 0 fully saturated rings. The van der Waals surface area contributed by atoms with E-state index in [9.17, 15) is 0 Å². The van der Waals surface area contributed by atoms with Gasteiger partial charge >= 0.3 is 0 Å². The molecule has 15 heavy (non-hydrogen) atoms. The fourth-order valence-electron chi connectivity index (χ4n) is 1.25. The fraction of sp³-hybridized carbons (Fsp3) is 0.800. The van der Waals surface area contributed by atoms with Crippen molar-refractivity contribution in [2.75, 3.05) is 12.3 Å². The molecule has 0 aromatic carbocycles. The summed E-state index contributed by atoms with van der Waals surface area (Å²) in [6.45, 7) is 9.35. The van der Waals surface area contributed by atoms with Crippen molar-refractivity contribution in [3.05, 3.63) is 5.89 Å². The number of nitrogens with one attached hydrogen (secondary N) is 1. The molecule has 0 saturated carbocycles. The van der Waals surface area contributed by atoms with Gasteiger partial charge in [0.1, 0.15) is 0 Å². The Hall–Kier alpha value is -0.550. The maximum absolute atomic E-state index is 5.30. The van der Waals surface area contributed by atoms with E-state index < -0.39 is 0 Å². The standard InChI is InChI=1S/C10H19N3OS/c1-5-11-9(7(2)3)6-15-10-13-12-8(4)14-10/h7,9,11H,5-6H2,1-4H3. The molecule has 0 amide bonds. The lowest BCUT2D eigenvalue weighted by Gasteiger charge is -2.20. The zero-order valence-electron chi connectivity index (χ0n) is 9.78. The molecular weight excluding hydrogens is 210 g/mol. The van der Waals surface area contributed by atoms with Gasteiger partial charge in [0.05, 0.1) is 0 Å². The molecule has 1 atom stereocenters. The number of aromatic nitrogens is 2. The van der Waals surface area contributed by atoms with Crippen LogP contribution >= 0.6 is 11.8 Å². The summed E-state index contributed by atoms with van der Waals surface area (Å²) in [6.07, 6.45) is 0. The van der Waals surface area contributed by atoms with Gasteiger partial charge in [0, 0.05) is 18.7 Å². The molecule has 0 spiro atoms. The molecule has 0 saturated heterocycles. The highest BCUT2D eigenvalue weighted by atomic mass is 32.2. The van der Waals surface area contributed by atoms with Crippen LogP contribution in [-0.4, -0.2) is 28.5 Å². The van der Waals surface area contributed by atoms with Gasteiger partial charge in [-0.1, -0.05) is 32.5 Å². The number of thioether (sulfide) groups is 1. The van der Waals surface area contributed by atoms with Crippen LogP contribution in [0.2, 0.25) is 0 Å². The van der Waals surface area contributed by atoms with Crippen molar-refractivity contribution in [3.63, 3.8) is 0 Å². The monoisotopic (exact) mass is 229 g/mol. The third-order valence-corrected chi connectivity index (χ3v) is 3.10. The normalized spacial score (nSPS) is 13.4. The van der Waals surface area contributed by atoms with Crippen LogP contribution < -0.4 is 5.32 Å². The van der Waals surface area contributed by atoms with E-state index in [2.05, 4.69) is 36.3 Å². The van der Waals surface area contributed by atoms with E-state index in [0.717, 1.165) is 12.3 Å². The molecular formula is C10H19N3OS. The first kappa shape index (κ1) is 12.5. The van der Waals surface area contributed by atoms with Crippen LogP contribution in [0.25, 0.3) is 0 Å². The second-order valence-corrected chi connectivity index (χ2v) is 4.78. The highest BCUT2D eigenvalue weighted by Gasteiger charge is 2.14. The summed E-state index contributed by atoms with van der Waals surface area (Å²) in [5.74, 6) is 2.20. The predicted molar refractivity (Wildman–Crippen MR) is 62.1 cm³/mol. The van der Waals surface area contributed by atoms with Crippen molar-refractivity contribution >= 4 is 11.8 Å². The van der Waals surface area contributed by atoms with Gasteiger partial charge in [0.2, 0.25) is 5.89 Å². The van der Waals surface area contributed by atoms with Crippen molar-refractivity contribution in [2.24, 2.45) is 5.92 Å². The minimum Gasteiger partial charge on any atom is -0.416 e. The van der Waals surface area contributed by atoms with Gasteiger partial charge in [-0.25, -0.2) is 0 Å². The van der Waals surface area contributed by atoms with E-state index in [1.165, 1.54) is 0 Å². The van der Waals surface area contributed by atoms with Gasteiger partial charge in [0.15, 0.2) is 0 Å². The average Bonchev–Trinajstić information content (AvgIpc) is 2.58. The lowest BCUT2D eigenvalue weighted by Crippen LogP contribution is -2.35. The quantitative estimate of drug-likeness (QED) is 0.757. The second-order valence-electron chi connectivity index (χ2n) is 3.81. The van der Waals surface area contributed by atoms with Gasteiger partial charge in [-0.2, -0.15) is 0 Å². The van der Waals surface area contributed by atoms with Crippen molar-refractivity contribution in [1.29, 1.82) is 0 Å². The molecule has 0 aliphatic carbocycles. The summed E-state index contributed by atoms with van der Waals surface area (Å²) in [4.78, 5) is 0. The molecule has 5 heteroatoms. The lowest BCUT2D eigenvalue weighted by atomic mass is 10.1. The first-order chi connectivity index (χ1) is 7.13. The maximum atomic E-state index is 5.30. The van der Waals surface area contributed by atoms with Gasteiger partial charge < -0.3 is 9.73 Å². The van der Waals surface area contributed by atoms with Gasteiger partial charge in [0.25, 0.3) is 5.22 Å². The van der Waals surface area contributed by atoms with E-state index in [1.807, 2.05) is 0 Å². The van der Waals surface area contributed by atoms with Crippen molar-refractivity contribution in [1.82, 2.24) is 15.5 Å². The largest absolute Gasteiger partial charge is 0.416 e. The minimum atomic E-state index is 0.493. The zero-order valence-corrected chi connectivity index (χ0v) is 10.6. The van der Waals surface area contributed by atoms with Crippen molar-refractivity contribution in [2.45, 2.75) is 39.0 Å². The summed E-state index contributed by atoms with van der Waals surface area (Å²) >= 11 is 1.61. The highest BCUT2D eigenvalue weighted by Crippen LogP contribution is 2.19. The highest BCUT2D eigenvalue weighted by molar-refractivity contribution is 7.99. The Kier molecular flexibility index (Phi) is 5.11. The molecule has 1 unspecified atom stereocenters. The van der Waals surface area contributed by atoms with E-state index in [-0.39, 0.29) is 0 Å². The van der Waals surface area contributed by atoms with Crippen LogP contribution in [0.15, 0.2) is 9.64 Å². The number of hydrogen-bond acceptors (Lipinski definition) is 5. The van der Waals surface area contributed by atoms with E-state index >= 15 is 0 Å². The predicted octanol–water partition coefficient (Wildman–Crippen LogP) is 2.10. The van der Waals surface area contributed by atoms with Crippen LogP contribution in [0, 0.1) is 12.8 Å². The van der Waals surface area contributed by atoms with Crippen LogP contribution in [0.5, 0.6) is 0 Å². The summed E-state index contributed by atoms with van der Waals surface area (Å²) in [7, 11) is 0. The molecule has 4 nitrogen and oxygen atoms in total. The Morgan fingerprint density at radius 1 is 1.40 bits per heavy atom. The number of nitrogens with zero attached hydrogens (tertiary/aromatic N) is 2. The second kappa shape index (κ2) is 6.12. The molecule has 1 aromatic rings. The Labute approximate surface area is 95.2 Å². The minimum absolute atomic E-state index is 0.493. The van der Waals surface area contributed by atoms with E-state index in [1.54, 1.807) is 18.7 Å². The molecule has 1 N–H and O–H groups in total. The summed E-state index contributed by atoms with van der Waals surface area (Å²) in [5.41, 5.74) is 0. The zero-order chi connectivity index (χ0) is 11.3. The van der Waals surface area contributed by atoms with Crippen LogP contribution in [0.4, 0.5) is 0 Å². The summed E-state index contributed by atoms with van der Waals surface area (Å²) < 4.78 is 5.30. The number of rotatable bonds is 6. The van der Waals surface area contributed by atoms with Gasteiger partial charge in [-0.15, -0.1) is 10.2 Å². The first-order valence-corrected chi connectivity index (χ1v) is 6.28. The topological polar surface area (TPSA) is 51.0 Å². The molecule has 0 radical (unpaired) electrons. The van der Waals surface area contributed by atoms with Crippen molar-refractivity contribution < 1.29 is 4.42 Å². The van der Waals surface area contributed by atoms with Gasteiger partial charge in [-0.05, 0) is 12.5 Å². The number of aryl methyl sites for hydroxylation is 1. The maximum Gasteiger partial charge on any atom is 0.276 e. The third kappa shape index (κ3) is 4.22. The lowest BCUT2D eigenvalue weighted by molar-refractivity contribution is 0.422. The molecule has 0 bridgehead atoms. The van der Waals surface area contributed by atoms with Crippen LogP contribution in [-0.2, 0) is 0 Å².